The van der Waals surface area contributed by atoms with Crippen LogP contribution in [0.15, 0.2) is 33.9 Å². The number of nitrogens with zero attached hydrogens (tertiary/aromatic N) is 5. The second-order valence-electron chi connectivity index (χ2n) is 4.53. The van der Waals surface area contributed by atoms with Crippen LogP contribution in [0.25, 0.3) is 22.6 Å². The maximum atomic E-state index is 12.1. The average Bonchev–Trinajstić information content (AvgIpc) is 2.51. The number of aryl methyl sites for hydroxylation is 1. The molecule has 0 amide bonds. The van der Waals surface area contributed by atoms with E-state index in [0.717, 1.165) is 4.57 Å². The molecule has 1 N–H and O–H groups in total. The van der Waals surface area contributed by atoms with Crippen LogP contribution in [0.2, 0.25) is 0 Å². The SMILES string of the molecule is Cn1c(=O)c2nc(-c3ccccc3O)nnc2n(C)c1=O. The van der Waals surface area contributed by atoms with Crippen LogP contribution in [0.4, 0.5) is 0 Å². The highest BCUT2D eigenvalue weighted by Crippen LogP contribution is 2.25. The zero-order valence-corrected chi connectivity index (χ0v) is 11.3. The van der Waals surface area contributed by atoms with E-state index in [1.165, 1.54) is 24.7 Å². The molecule has 0 radical (unpaired) electrons. The lowest BCUT2D eigenvalue weighted by atomic mass is 10.2. The third-order valence-electron chi connectivity index (χ3n) is 3.21. The second-order valence-corrected chi connectivity index (χ2v) is 4.53. The van der Waals surface area contributed by atoms with E-state index >= 15 is 0 Å². The smallest absolute Gasteiger partial charge is 0.332 e. The van der Waals surface area contributed by atoms with Gasteiger partial charge in [-0.2, -0.15) is 0 Å². The van der Waals surface area contributed by atoms with E-state index in [-0.39, 0.29) is 22.7 Å². The topological polar surface area (TPSA) is 103 Å². The van der Waals surface area contributed by atoms with Gasteiger partial charge in [0.1, 0.15) is 5.75 Å². The minimum Gasteiger partial charge on any atom is -0.507 e. The van der Waals surface area contributed by atoms with Gasteiger partial charge in [-0.1, -0.05) is 12.1 Å². The number of aromatic hydroxyl groups is 1. The normalized spacial score (nSPS) is 11.0. The predicted octanol–water partition coefficient (Wildman–Crippen LogP) is -0.205. The number of para-hydroxylation sites is 1. The average molecular weight is 285 g/mol. The molecule has 0 bridgehead atoms. The van der Waals surface area contributed by atoms with E-state index in [2.05, 4.69) is 15.2 Å². The molecule has 8 nitrogen and oxygen atoms in total. The summed E-state index contributed by atoms with van der Waals surface area (Å²) in [6, 6.07) is 6.48. The predicted molar refractivity (Wildman–Crippen MR) is 74.9 cm³/mol. The van der Waals surface area contributed by atoms with Crippen molar-refractivity contribution in [3.05, 3.63) is 45.1 Å². The summed E-state index contributed by atoms with van der Waals surface area (Å²) >= 11 is 0. The molecule has 0 spiro atoms. The van der Waals surface area contributed by atoms with E-state index in [1.54, 1.807) is 18.2 Å². The fourth-order valence-corrected chi connectivity index (χ4v) is 2.03. The molecule has 0 unspecified atom stereocenters. The quantitative estimate of drug-likeness (QED) is 0.664. The third kappa shape index (κ3) is 1.88. The molecule has 8 heteroatoms. The minimum atomic E-state index is -0.556. The molecule has 0 aliphatic rings. The summed E-state index contributed by atoms with van der Waals surface area (Å²) in [7, 11) is 2.85. The van der Waals surface area contributed by atoms with Gasteiger partial charge in [0, 0.05) is 14.1 Å². The Morgan fingerprint density at radius 1 is 1.05 bits per heavy atom. The largest absolute Gasteiger partial charge is 0.507 e. The van der Waals surface area contributed by atoms with Crippen LogP contribution in [-0.2, 0) is 14.1 Å². The molecule has 0 aliphatic heterocycles. The molecular formula is C13H11N5O3. The standard InChI is InChI=1S/C13H11N5O3/c1-17-11-9(12(20)18(2)13(17)21)14-10(15-16-11)7-5-3-4-6-8(7)19/h3-6,19H,1-2H3. The number of hydrogen-bond donors (Lipinski definition) is 1. The molecule has 21 heavy (non-hydrogen) atoms. The molecule has 3 aromatic rings. The molecule has 1 aromatic carbocycles. The number of phenolic OH excluding ortho intramolecular Hbond substituents is 1. The summed E-state index contributed by atoms with van der Waals surface area (Å²) in [5.74, 6) is 0.108. The Morgan fingerprint density at radius 2 is 1.76 bits per heavy atom. The highest BCUT2D eigenvalue weighted by molar-refractivity contribution is 5.72. The van der Waals surface area contributed by atoms with Crippen LogP contribution >= 0.6 is 0 Å². The maximum Gasteiger partial charge on any atom is 0.332 e. The van der Waals surface area contributed by atoms with Crippen molar-refractivity contribution in [3.63, 3.8) is 0 Å². The Morgan fingerprint density at radius 3 is 2.48 bits per heavy atom. The van der Waals surface area contributed by atoms with E-state index in [4.69, 9.17) is 0 Å². The van der Waals surface area contributed by atoms with Gasteiger partial charge in [-0.15, -0.1) is 10.2 Å². The molecular weight excluding hydrogens is 274 g/mol. The first-order valence-electron chi connectivity index (χ1n) is 6.09. The van der Waals surface area contributed by atoms with Gasteiger partial charge in [-0.05, 0) is 12.1 Å². The summed E-state index contributed by atoms with van der Waals surface area (Å²) in [6.45, 7) is 0. The van der Waals surface area contributed by atoms with Crippen LogP contribution in [-0.4, -0.2) is 29.4 Å². The van der Waals surface area contributed by atoms with E-state index in [0.29, 0.717) is 5.56 Å². The number of rotatable bonds is 1. The van der Waals surface area contributed by atoms with E-state index in [9.17, 15) is 14.7 Å². The summed E-state index contributed by atoms with van der Waals surface area (Å²) < 4.78 is 2.15. The molecule has 0 aliphatic carbocycles. The zero-order chi connectivity index (χ0) is 15.1. The molecule has 3 rings (SSSR count). The highest BCUT2D eigenvalue weighted by Gasteiger charge is 2.14. The minimum absolute atomic E-state index is 0.0136. The Labute approximate surface area is 118 Å². The van der Waals surface area contributed by atoms with Gasteiger partial charge in [0.15, 0.2) is 17.0 Å². The van der Waals surface area contributed by atoms with Crippen molar-refractivity contribution in [2.45, 2.75) is 0 Å². The molecule has 2 heterocycles. The lowest BCUT2D eigenvalue weighted by Gasteiger charge is -2.07. The molecule has 2 aromatic heterocycles. The first kappa shape index (κ1) is 13.0. The van der Waals surface area contributed by atoms with Crippen molar-refractivity contribution in [1.29, 1.82) is 0 Å². The van der Waals surface area contributed by atoms with Crippen LogP contribution in [0, 0.1) is 0 Å². The summed E-state index contributed by atoms with van der Waals surface area (Å²) in [5.41, 5.74) is -0.573. The van der Waals surface area contributed by atoms with E-state index in [1.807, 2.05) is 0 Å². The number of fused-ring (bicyclic) bond motifs is 1. The fourth-order valence-electron chi connectivity index (χ4n) is 2.03. The van der Waals surface area contributed by atoms with Crippen LogP contribution in [0.5, 0.6) is 5.75 Å². The van der Waals surface area contributed by atoms with Gasteiger partial charge in [-0.25, -0.2) is 9.78 Å². The van der Waals surface area contributed by atoms with Gasteiger partial charge in [0.2, 0.25) is 0 Å². The molecule has 0 saturated heterocycles. The Kier molecular flexibility index (Phi) is 2.79. The second kappa shape index (κ2) is 4.51. The van der Waals surface area contributed by atoms with Crippen molar-refractivity contribution in [3.8, 4) is 17.1 Å². The number of hydrogen-bond acceptors (Lipinski definition) is 6. The molecule has 0 saturated carbocycles. The first-order valence-corrected chi connectivity index (χ1v) is 6.09. The van der Waals surface area contributed by atoms with Gasteiger partial charge < -0.3 is 5.11 Å². The molecule has 106 valence electrons. The number of aromatic nitrogens is 5. The summed E-state index contributed by atoms with van der Waals surface area (Å²) in [6.07, 6.45) is 0. The van der Waals surface area contributed by atoms with Gasteiger partial charge in [0.05, 0.1) is 5.56 Å². The zero-order valence-electron chi connectivity index (χ0n) is 11.3. The van der Waals surface area contributed by atoms with Crippen molar-refractivity contribution in [2.24, 2.45) is 14.1 Å². The number of phenols is 1. The third-order valence-corrected chi connectivity index (χ3v) is 3.21. The first-order chi connectivity index (χ1) is 10.0. The van der Waals surface area contributed by atoms with Gasteiger partial charge in [0.25, 0.3) is 5.56 Å². The lowest BCUT2D eigenvalue weighted by Crippen LogP contribution is -2.38. The van der Waals surface area contributed by atoms with Crippen molar-refractivity contribution >= 4 is 11.2 Å². The molecule has 0 atom stereocenters. The van der Waals surface area contributed by atoms with Crippen molar-refractivity contribution in [1.82, 2.24) is 24.3 Å². The van der Waals surface area contributed by atoms with E-state index < -0.39 is 11.2 Å². The van der Waals surface area contributed by atoms with Crippen molar-refractivity contribution in [2.75, 3.05) is 0 Å². The lowest BCUT2D eigenvalue weighted by molar-refractivity contribution is 0.477. The Balaban J connectivity index is 2.39. The fraction of sp³-hybridized carbons (Fsp3) is 0.154. The summed E-state index contributed by atoms with van der Waals surface area (Å²) in [4.78, 5) is 28.1. The Hall–Kier alpha value is -3.03. The van der Waals surface area contributed by atoms with Crippen molar-refractivity contribution < 1.29 is 5.11 Å². The van der Waals surface area contributed by atoms with Gasteiger partial charge >= 0.3 is 5.69 Å². The van der Waals surface area contributed by atoms with Crippen LogP contribution in [0.1, 0.15) is 0 Å². The Bertz CT molecular complexity index is 974. The highest BCUT2D eigenvalue weighted by atomic mass is 16.3. The van der Waals surface area contributed by atoms with Crippen LogP contribution < -0.4 is 11.2 Å². The summed E-state index contributed by atoms with van der Waals surface area (Å²) in [5, 5.41) is 17.6. The molecule has 0 fully saturated rings. The van der Waals surface area contributed by atoms with Gasteiger partial charge in [-0.3, -0.25) is 13.9 Å². The monoisotopic (exact) mass is 285 g/mol. The maximum absolute atomic E-state index is 12.1. The van der Waals surface area contributed by atoms with Crippen LogP contribution in [0.3, 0.4) is 0 Å². The number of benzene rings is 1.